The minimum atomic E-state index is -0.554. The van der Waals surface area contributed by atoms with Crippen molar-refractivity contribution >= 4 is 17.7 Å². The molecule has 152 valence electrons. The second-order valence-electron chi connectivity index (χ2n) is 7.44. The molecule has 2 N–H and O–H groups in total. The molecule has 6 heteroatoms. The van der Waals surface area contributed by atoms with Gasteiger partial charge in [0.05, 0.1) is 18.7 Å². The smallest absolute Gasteiger partial charge is 0.337 e. The third-order valence-corrected chi connectivity index (χ3v) is 5.01. The van der Waals surface area contributed by atoms with Crippen LogP contribution in [-0.4, -0.2) is 26.2 Å². The van der Waals surface area contributed by atoms with Gasteiger partial charge in [0.25, 0.3) is 0 Å². The standard InChI is InChI=1S/C23H27N3O3/c1-15(2)20-19(22(27)29-4)21(25-23(28)24-20)17-10-12-18(13-11-17)26(3)14-16-8-6-5-7-9-16/h5-13,15,21H,14H2,1-4H3,(H2,24,25,28). The highest BCUT2D eigenvalue weighted by Gasteiger charge is 2.34. The molecule has 0 spiro atoms. The Morgan fingerprint density at radius 2 is 1.76 bits per heavy atom. The number of rotatable bonds is 6. The minimum absolute atomic E-state index is 0.0195. The molecule has 0 bridgehead atoms. The summed E-state index contributed by atoms with van der Waals surface area (Å²) >= 11 is 0. The van der Waals surface area contributed by atoms with Crippen LogP contribution in [0.25, 0.3) is 0 Å². The lowest BCUT2D eigenvalue weighted by molar-refractivity contribution is -0.136. The molecule has 1 aliphatic rings. The third kappa shape index (κ3) is 4.59. The molecule has 1 unspecified atom stereocenters. The third-order valence-electron chi connectivity index (χ3n) is 5.01. The first-order chi connectivity index (χ1) is 13.9. The van der Waals surface area contributed by atoms with E-state index in [2.05, 4.69) is 27.7 Å². The summed E-state index contributed by atoms with van der Waals surface area (Å²) in [6.45, 7) is 4.65. The summed E-state index contributed by atoms with van der Waals surface area (Å²) in [5.41, 5.74) is 4.13. The molecule has 0 fully saturated rings. The van der Waals surface area contributed by atoms with Crippen LogP contribution in [0, 0.1) is 5.92 Å². The molecule has 0 aromatic heterocycles. The van der Waals surface area contributed by atoms with Crippen molar-refractivity contribution in [2.45, 2.75) is 26.4 Å². The number of amides is 2. The number of esters is 1. The molecule has 0 radical (unpaired) electrons. The Hall–Kier alpha value is -3.28. The highest BCUT2D eigenvalue weighted by atomic mass is 16.5. The molecule has 1 atom stereocenters. The van der Waals surface area contributed by atoms with Crippen molar-refractivity contribution in [1.82, 2.24) is 10.6 Å². The van der Waals surface area contributed by atoms with Crippen LogP contribution in [0.3, 0.4) is 0 Å². The summed E-state index contributed by atoms with van der Waals surface area (Å²) in [7, 11) is 3.38. The zero-order valence-electron chi connectivity index (χ0n) is 17.2. The highest BCUT2D eigenvalue weighted by molar-refractivity contribution is 5.95. The Labute approximate surface area is 171 Å². The van der Waals surface area contributed by atoms with Gasteiger partial charge in [-0.25, -0.2) is 9.59 Å². The van der Waals surface area contributed by atoms with Gasteiger partial charge in [-0.1, -0.05) is 56.3 Å². The summed E-state index contributed by atoms with van der Waals surface area (Å²) < 4.78 is 4.99. The van der Waals surface area contributed by atoms with E-state index in [9.17, 15) is 9.59 Å². The second-order valence-corrected chi connectivity index (χ2v) is 7.44. The Morgan fingerprint density at radius 1 is 1.10 bits per heavy atom. The summed E-state index contributed by atoms with van der Waals surface area (Å²) in [5, 5.41) is 5.61. The lowest BCUT2D eigenvalue weighted by atomic mass is 9.91. The van der Waals surface area contributed by atoms with E-state index in [1.807, 2.05) is 63.4 Å². The number of hydrogen-bond donors (Lipinski definition) is 2. The number of anilines is 1. The number of hydrogen-bond acceptors (Lipinski definition) is 4. The molecule has 6 nitrogen and oxygen atoms in total. The fourth-order valence-corrected chi connectivity index (χ4v) is 3.50. The first-order valence-electron chi connectivity index (χ1n) is 9.65. The molecule has 3 rings (SSSR count). The second kappa shape index (κ2) is 8.82. The van der Waals surface area contributed by atoms with Crippen molar-refractivity contribution in [2.75, 3.05) is 19.1 Å². The Morgan fingerprint density at radius 3 is 2.34 bits per heavy atom. The number of nitrogens with zero attached hydrogens (tertiary/aromatic N) is 1. The molecule has 0 saturated heterocycles. The van der Waals surface area contributed by atoms with Gasteiger partial charge < -0.3 is 20.3 Å². The predicted octanol–water partition coefficient (Wildman–Crippen LogP) is 3.76. The number of urea groups is 1. The first kappa shape index (κ1) is 20.5. The van der Waals surface area contributed by atoms with Crippen LogP contribution in [0.5, 0.6) is 0 Å². The number of carbonyl (C=O) groups excluding carboxylic acids is 2. The van der Waals surface area contributed by atoms with E-state index < -0.39 is 12.0 Å². The normalized spacial score (nSPS) is 16.3. The van der Waals surface area contributed by atoms with E-state index in [4.69, 9.17) is 4.74 Å². The fraction of sp³-hybridized carbons (Fsp3) is 0.304. The van der Waals surface area contributed by atoms with Gasteiger partial charge in [0.2, 0.25) is 0 Å². The zero-order valence-corrected chi connectivity index (χ0v) is 17.2. The van der Waals surface area contributed by atoms with Crippen LogP contribution in [0.4, 0.5) is 10.5 Å². The van der Waals surface area contributed by atoms with Crippen molar-refractivity contribution in [1.29, 1.82) is 0 Å². The number of carbonyl (C=O) groups is 2. The minimum Gasteiger partial charge on any atom is -0.466 e. The van der Waals surface area contributed by atoms with Gasteiger partial charge in [0.1, 0.15) is 0 Å². The van der Waals surface area contributed by atoms with E-state index in [0.29, 0.717) is 11.3 Å². The predicted molar refractivity (Wildman–Crippen MR) is 113 cm³/mol. The fourth-order valence-electron chi connectivity index (χ4n) is 3.50. The Bertz CT molecular complexity index is 905. The average molecular weight is 393 g/mol. The van der Waals surface area contributed by atoms with E-state index >= 15 is 0 Å². The van der Waals surface area contributed by atoms with Gasteiger partial charge in [0, 0.05) is 25.0 Å². The zero-order chi connectivity index (χ0) is 21.0. The molecule has 2 amide bonds. The van der Waals surface area contributed by atoms with Gasteiger partial charge in [-0.3, -0.25) is 0 Å². The van der Waals surface area contributed by atoms with Gasteiger partial charge in [-0.2, -0.15) is 0 Å². The number of methoxy groups -OCH3 is 1. The number of nitrogens with one attached hydrogen (secondary N) is 2. The van der Waals surface area contributed by atoms with E-state index in [1.165, 1.54) is 12.7 Å². The molecule has 0 saturated carbocycles. The van der Waals surface area contributed by atoms with E-state index in [-0.39, 0.29) is 11.9 Å². The lowest BCUT2D eigenvalue weighted by Gasteiger charge is -2.31. The molecule has 29 heavy (non-hydrogen) atoms. The Kier molecular flexibility index (Phi) is 6.22. The van der Waals surface area contributed by atoms with Crippen LogP contribution < -0.4 is 15.5 Å². The van der Waals surface area contributed by atoms with Gasteiger partial charge >= 0.3 is 12.0 Å². The summed E-state index contributed by atoms with van der Waals surface area (Å²) in [5.74, 6) is -0.467. The van der Waals surface area contributed by atoms with Crippen LogP contribution in [0.2, 0.25) is 0 Å². The topological polar surface area (TPSA) is 70.7 Å². The van der Waals surface area contributed by atoms with Crippen molar-refractivity contribution in [3.8, 4) is 0 Å². The number of benzene rings is 2. The van der Waals surface area contributed by atoms with Gasteiger partial charge in [-0.05, 0) is 29.2 Å². The molecule has 2 aromatic carbocycles. The van der Waals surface area contributed by atoms with Crippen molar-refractivity contribution in [2.24, 2.45) is 5.92 Å². The van der Waals surface area contributed by atoms with Gasteiger partial charge in [-0.15, -0.1) is 0 Å². The SMILES string of the molecule is COC(=O)C1=C(C(C)C)NC(=O)NC1c1ccc(N(C)Cc2ccccc2)cc1. The maximum atomic E-state index is 12.5. The average Bonchev–Trinajstić information content (AvgIpc) is 2.73. The summed E-state index contributed by atoms with van der Waals surface area (Å²) in [6.07, 6.45) is 0. The molecule has 1 heterocycles. The highest BCUT2D eigenvalue weighted by Crippen LogP contribution is 2.31. The molecule has 0 aliphatic carbocycles. The van der Waals surface area contributed by atoms with E-state index in [1.54, 1.807) is 0 Å². The first-order valence-corrected chi connectivity index (χ1v) is 9.65. The Balaban J connectivity index is 1.88. The van der Waals surface area contributed by atoms with E-state index in [0.717, 1.165) is 17.8 Å². The van der Waals surface area contributed by atoms with Crippen LogP contribution in [0.1, 0.15) is 31.0 Å². The van der Waals surface area contributed by atoms with Crippen LogP contribution >= 0.6 is 0 Å². The van der Waals surface area contributed by atoms with Crippen LogP contribution in [0.15, 0.2) is 65.9 Å². The summed E-state index contributed by atoms with van der Waals surface area (Å²) in [4.78, 5) is 26.8. The van der Waals surface area contributed by atoms with Crippen LogP contribution in [-0.2, 0) is 16.1 Å². The number of allylic oxidation sites excluding steroid dienone is 1. The molecule has 2 aromatic rings. The van der Waals surface area contributed by atoms with Crippen molar-refractivity contribution in [3.05, 3.63) is 77.0 Å². The maximum Gasteiger partial charge on any atom is 0.337 e. The molecular formula is C23H27N3O3. The number of ether oxygens (including phenoxy) is 1. The largest absolute Gasteiger partial charge is 0.466 e. The molecule has 1 aliphatic heterocycles. The lowest BCUT2D eigenvalue weighted by Crippen LogP contribution is -2.47. The quantitative estimate of drug-likeness (QED) is 0.733. The van der Waals surface area contributed by atoms with Gasteiger partial charge in [0.15, 0.2) is 0 Å². The summed E-state index contributed by atoms with van der Waals surface area (Å²) in [6, 6.07) is 17.2. The maximum absolute atomic E-state index is 12.5. The molecular weight excluding hydrogens is 366 g/mol. The monoisotopic (exact) mass is 393 g/mol. The van der Waals surface area contributed by atoms with Crippen molar-refractivity contribution in [3.63, 3.8) is 0 Å². The van der Waals surface area contributed by atoms with Crippen molar-refractivity contribution < 1.29 is 14.3 Å².